The van der Waals surface area contributed by atoms with Crippen molar-refractivity contribution >= 4 is 22.4 Å². The van der Waals surface area contributed by atoms with Crippen molar-refractivity contribution in [3.05, 3.63) is 40.8 Å². The van der Waals surface area contributed by atoms with Gasteiger partial charge in [0.25, 0.3) is 0 Å². The molecular weight excluding hydrogens is 242 g/mol. The van der Waals surface area contributed by atoms with E-state index in [0.29, 0.717) is 16.9 Å². The van der Waals surface area contributed by atoms with Crippen molar-refractivity contribution < 1.29 is 8.78 Å². The number of nitrogens with one attached hydrogen (secondary N) is 1. The monoisotopic (exact) mass is 250 g/mol. The third-order valence-corrected chi connectivity index (χ3v) is 3.62. The van der Waals surface area contributed by atoms with E-state index in [1.165, 1.54) is 0 Å². The summed E-state index contributed by atoms with van der Waals surface area (Å²) < 4.78 is 26.1. The number of nitrogens with zero attached hydrogens (tertiary/aromatic N) is 1. The lowest BCUT2D eigenvalue weighted by Crippen LogP contribution is -1.82. The van der Waals surface area contributed by atoms with Gasteiger partial charge in [-0.1, -0.05) is 0 Å². The fourth-order valence-electron chi connectivity index (χ4n) is 1.73. The van der Waals surface area contributed by atoms with Crippen LogP contribution in [0.2, 0.25) is 0 Å². The smallest absolute Gasteiger partial charge is 0.161 e. The molecule has 2 aromatic heterocycles. The van der Waals surface area contributed by atoms with E-state index in [1.807, 2.05) is 18.4 Å². The molecule has 17 heavy (non-hydrogen) atoms. The normalized spacial score (nSPS) is 11.2. The van der Waals surface area contributed by atoms with Gasteiger partial charge in [0.1, 0.15) is 5.82 Å². The first kappa shape index (κ1) is 10.4. The van der Waals surface area contributed by atoms with Crippen molar-refractivity contribution in [3.63, 3.8) is 0 Å². The summed E-state index contributed by atoms with van der Waals surface area (Å²) in [6, 6.07) is 4.21. The summed E-state index contributed by atoms with van der Waals surface area (Å²) in [5.74, 6) is -1.09. The predicted molar refractivity (Wildman–Crippen MR) is 64.1 cm³/mol. The van der Waals surface area contributed by atoms with Crippen molar-refractivity contribution in [2.45, 2.75) is 6.92 Å². The summed E-state index contributed by atoms with van der Waals surface area (Å²) in [7, 11) is 0. The second-order valence-corrected chi connectivity index (χ2v) is 4.72. The molecule has 3 rings (SSSR count). The Kier molecular flexibility index (Phi) is 2.22. The van der Waals surface area contributed by atoms with Gasteiger partial charge >= 0.3 is 0 Å². The Bertz CT molecular complexity index is 661. The van der Waals surface area contributed by atoms with Crippen LogP contribution in [0.25, 0.3) is 21.7 Å². The van der Waals surface area contributed by atoms with E-state index in [0.717, 1.165) is 22.6 Å². The molecule has 3 aromatic rings. The fourth-order valence-corrected chi connectivity index (χ4v) is 2.60. The van der Waals surface area contributed by atoms with Crippen molar-refractivity contribution in [2.75, 3.05) is 0 Å². The highest BCUT2D eigenvalue weighted by molar-refractivity contribution is 7.13. The number of fused-ring (bicyclic) bond motifs is 1. The highest BCUT2D eigenvalue weighted by Crippen LogP contribution is 2.28. The third-order valence-electron chi connectivity index (χ3n) is 2.60. The Balaban J connectivity index is 2.24. The summed E-state index contributed by atoms with van der Waals surface area (Å²) in [6.45, 7) is 1.97. The lowest BCUT2D eigenvalue weighted by molar-refractivity contribution is 0.510. The van der Waals surface area contributed by atoms with Crippen molar-refractivity contribution in [1.29, 1.82) is 0 Å². The first-order valence-electron chi connectivity index (χ1n) is 5.04. The minimum absolute atomic E-state index is 0.437. The molecule has 0 radical (unpaired) electrons. The van der Waals surface area contributed by atoms with Crippen LogP contribution in [-0.2, 0) is 0 Å². The van der Waals surface area contributed by atoms with Crippen LogP contribution in [0.1, 0.15) is 5.56 Å². The van der Waals surface area contributed by atoms with Crippen LogP contribution in [0.5, 0.6) is 0 Å². The summed E-state index contributed by atoms with van der Waals surface area (Å²) in [5.41, 5.74) is 2.04. The predicted octanol–water partition coefficient (Wildman–Crippen LogP) is 3.88. The van der Waals surface area contributed by atoms with Gasteiger partial charge in [0, 0.05) is 12.1 Å². The second-order valence-electron chi connectivity index (χ2n) is 3.80. The molecule has 0 spiro atoms. The van der Waals surface area contributed by atoms with Crippen molar-refractivity contribution in [1.82, 2.24) is 9.97 Å². The van der Waals surface area contributed by atoms with Crippen LogP contribution in [0.3, 0.4) is 0 Å². The molecule has 1 aromatic carbocycles. The molecule has 1 N–H and O–H groups in total. The summed E-state index contributed by atoms with van der Waals surface area (Å²) >= 11 is 1.55. The zero-order valence-corrected chi connectivity index (χ0v) is 9.74. The van der Waals surface area contributed by atoms with Gasteiger partial charge in [-0.2, -0.15) is 0 Å². The number of thiophene rings is 1. The molecule has 0 amide bonds. The number of imidazole rings is 1. The number of aromatic amines is 1. The van der Waals surface area contributed by atoms with Crippen LogP contribution >= 0.6 is 11.3 Å². The van der Waals surface area contributed by atoms with Gasteiger partial charge in [-0.05, 0) is 23.9 Å². The van der Waals surface area contributed by atoms with Gasteiger partial charge in [-0.25, -0.2) is 13.8 Å². The number of aryl methyl sites for hydroxylation is 1. The number of H-pyrrole nitrogens is 1. The van der Waals surface area contributed by atoms with Crippen LogP contribution in [-0.4, -0.2) is 9.97 Å². The van der Waals surface area contributed by atoms with E-state index in [9.17, 15) is 8.78 Å². The SMILES string of the molecule is Cc1ccsc1-c1nc2cc(F)c(F)cc2[nH]1. The molecule has 5 heteroatoms. The molecule has 86 valence electrons. The maximum atomic E-state index is 13.1. The molecule has 0 saturated carbocycles. The lowest BCUT2D eigenvalue weighted by Gasteiger charge is -1.91. The summed E-state index contributed by atoms with van der Waals surface area (Å²) in [6.07, 6.45) is 0. The number of hydrogen-bond donors (Lipinski definition) is 1. The van der Waals surface area contributed by atoms with Gasteiger partial charge in [-0.15, -0.1) is 11.3 Å². The quantitative estimate of drug-likeness (QED) is 0.697. The maximum Gasteiger partial charge on any atom is 0.161 e. The molecule has 0 aliphatic heterocycles. The van der Waals surface area contributed by atoms with E-state index in [1.54, 1.807) is 11.3 Å². The molecule has 0 saturated heterocycles. The van der Waals surface area contributed by atoms with Gasteiger partial charge < -0.3 is 4.98 Å². The lowest BCUT2D eigenvalue weighted by atomic mass is 10.3. The maximum absolute atomic E-state index is 13.1. The van der Waals surface area contributed by atoms with Crippen LogP contribution in [0.15, 0.2) is 23.6 Å². The molecule has 0 bridgehead atoms. The Morgan fingerprint density at radius 2 is 2.00 bits per heavy atom. The number of halogens is 2. The zero-order valence-electron chi connectivity index (χ0n) is 8.92. The standard InChI is InChI=1S/C12H8F2N2S/c1-6-2-3-17-11(6)12-15-9-4-7(13)8(14)5-10(9)16-12/h2-5H,1H3,(H,15,16). The topological polar surface area (TPSA) is 28.7 Å². The molecule has 0 unspecified atom stereocenters. The number of aromatic nitrogens is 2. The van der Waals surface area contributed by atoms with E-state index in [2.05, 4.69) is 9.97 Å². The van der Waals surface area contributed by atoms with E-state index in [-0.39, 0.29) is 0 Å². The minimum atomic E-state index is -0.876. The van der Waals surface area contributed by atoms with Gasteiger partial charge in [0.15, 0.2) is 11.6 Å². The molecule has 0 aliphatic rings. The molecular formula is C12H8F2N2S. The zero-order chi connectivity index (χ0) is 12.0. The summed E-state index contributed by atoms with van der Waals surface area (Å²) in [4.78, 5) is 8.25. The second kappa shape index (κ2) is 3.63. The van der Waals surface area contributed by atoms with E-state index >= 15 is 0 Å². The fraction of sp³-hybridized carbons (Fsp3) is 0.0833. The highest BCUT2D eigenvalue weighted by Gasteiger charge is 2.11. The van der Waals surface area contributed by atoms with Crippen molar-refractivity contribution in [3.8, 4) is 10.7 Å². The Morgan fingerprint density at radius 1 is 1.24 bits per heavy atom. The van der Waals surface area contributed by atoms with E-state index in [4.69, 9.17) is 0 Å². The van der Waals surface area contributed by atoms with Crippen LogP contribution in [0.4, 0.5) is 8.78 Å². The number of rotatable bonds is 1. The summed E-state index contributed by atoms with van der Waals surface area (Å²) in [5, 5.41) is 1.96. The van der Waals surface area contributed by atoms with Crippen LogP contribution < -0.4 is 0 Å². The first-order chi connectivity index (χ1) is 8.15. The Labute approximate surface area is 99.9 Å². The van der Waals surface area contributed by atoms with Gasteiger partial charge in [-0.3, -0.25) is 0 Å². The average molecular weight is 250 g/mol. The number of benzene rings is 1. The first-order valence-corrected chi connectivity index (χ1v) is 5.92. The van der Waals surface area contributed by atoms with Crippen molar-refractivity contribution in [2.24, 2.45) is 0 Å². The van der Waals surface area contributed by atoms with Crippen LogP contribution in [0, 0.1) is 18.6 Å². The number of hydrogen-bond acceptors (Lipinski definition) is 2. The molecule has 0 atom stereocenters. The highest BCUT2D eigenvalue weighted by atomic mass is 32.1. The molecule has 0 aliphatic carbocycles. The average Bonchev–Trinajstić information content (AvgIpc) is 2.85. The minimum Gasteiger partial charge on any atom is -0.337 e. The molecule has 2 nitrogen and oxygen atoms in total. The van der Waals surface area contributed by atoms with Gasteiger partial charge in [0.05, 0.1) is 15.9 Å². The Morgan fingerprint density at radius 3 is 2.71 bits per heavy atom. The largest absolute Gasteiger partial charge is 0.337 e. The van der Waals surface area contributed by atoms with Gasteiger partial charge in [0.2, 0.25) is 0 Å². The van der Waals surface area contributed by atoms with E-state index < -0.39 is 11.6 Å². The molecule has 2 heterocycles. The molecule has 0 fully saturated rings. The third kappa shape index (κ3) is 1.63. The Hall–Kier alpha value is -1.75.